The predicted octanol–water partition coefficient (Wildman–Crippen LogP) is 3.79. The molecular formula is C13H12BrF2NO. The van der Waals surface area contributed by atoms with E-state index in [1.165, 1.54) is 30.3 Å². The quantitative estimate of drug-likeness (QED) is 0.664. The molecule has 0 aromatic heterocycles. The SMILES string of the molecule is O=C(C=CCC1CC1(F)Br)Nc1ccc(F)cc1. The van der Waals surface area contributed by atoms with E-state index in [9.17, 15) is 13.6 Å². The molecule has 1 amide bonds. The van der Waals surface area contributed by atoms with Gasteiger partial charge in [0.15, 0.2) is 4.58 Å². The molecule has 1 fully saturated rings. The van der Waals surface area contributed by atoms with Gasteiger partial charge in [0.1, 0.15) is 5.82 Å². The van der Waals surface area contributed by atoms with E-state index in [1.807, 2.05) is 0 Å². The van der Waals surface area contributed by atoms with Crippen LogP contribution < -0.4 is 5.32 Å². The lowest BCUT2D eigenvalue weighted by molar-refractivity contribution is -0.111. The first-order valence-electron chi connectivity index (χ1n) is 5.58. The van der Waals surface area contributed by atoms with Crippen LogP contribution in [0.4, 0.5) is 14.5 Å². The fraction of sp³-hybridized carbons (Fsp3) is 0.308. The Hall–Kier alpha value is -1.23. The molecule has 1 aromatic rings. The second kappa shape index (κ2) is 5.18. The minimum absolute atomic E-state index is 0.0487. The van der Waals surface area contributed by atoms with Gasteiger partial charge in [-0.05, 0) is 59.1 Å². The number of rotatable bonds is 4. The number of hydrogen-bond acceptors (Lipinski definition) is 1. The van der Waals surface area contributed by atoms with Gasteiger partial charge in [-0.15, -0.1) is 0 Å². The minimum Gasteiger partial charge on any atom is -0.323 e. The first-order valence-corrected chi connectivity index (χ1v) is 6.37. The third-order valence-electron chi connectivity index (χ3n) is 2.76. The van der Waals surface area contributed by atoms with Crippen LogP contribution in [-0.4, -0.2) is 10.5 Å². The van der Waals surface area contributed by atoms with Gasteiger partial charge >= 0.3 is 0 Å². The summed E-state index contributed by atoms with van der Waals surface area (Å²) in [6.07, 6.45) is 4.02. The molecule has 0 aliphatic heterocycles. The summed E-state index contributed by atoms with van der Waals surface area (Å²) >= 11 is 2.94. The summed E-state index contributed by atoms with van der Waals surface area (Å²) in [6.45, 7) is 0. The van der Waals surface area contributed by atoms with Crippen LogP contribution >= 0.6 is 15.9 Å². The van der Waals surface area contributed by atoms with E-state index in [0.29, 0.717) is 18.5 Å². The molecule has 2 unspecified atom stereocenters. The largest absolute Gasteiger partial charge is 0.323 e. The number of hydrogen-bond donors (Lipinski definition) is 1. The molecule has 2 rings (SSSR count). The molecule has 1 saturated carbocycles. The number of alkyl halides is 2. The van der Waals surface area contributed by atoms with Gasteiger partial charge in [0.2, 0.25) is 5.91 Å². The van der Waals surface area contributed by atoms with E-state index in [4.69, 9.17) is 0 Å². The molecule has 0 bridgehead atoms. The van der Waals surface area contributed by atoms with Gasteiger partial charge in [-0.1, -0.05) is 6.08 Å². The van der Waals surface area contributed by atoms with E-state index in [0.717, 1.165) is 0 Å². The molecule has 1 aliphatic carbocycles. The maximum atomic E-state index is 13.1. The van der Waals surface area contributed by atoms with Crippen LogP contribution in [0.1, 0.15) is 12.8 Å². The molecule has 0 spiro atoms. The Morgan fingerprint density at radius 3 is 2.67 bits per heavy atom. The Kier molecular flexibility index (Phi) is 3.80. The number of nitrogens with one attached hydrogen (secondary N) is 1. The number of halogens is 3. The summed E-state index contributed by atoms with van der Waals surface area (Å²) in [5, 5.41) is 2.59. The number of allylic oxidation sites excluding steroid dienone is 1. The number of anilines is 1. The number of carbonyl (C=O) groups is 1. The molecule has 1 aromatic carbocycles. The molecule has 1 aliphatic rings. The second-order valence-electron chi connectivity index (χ2n) is 4.30. The van der Waals surface area contributed by atoms with Gasteiger partial charge in [0, 0.05) is 11.6 Å². The van der Waals surface area contributed by atoms with Crippen molar-refractivity contribution in [3.8, 4) is 0 Å². The Labute approximate surface area is 112 Å². The Balaban J connectivity index is 1.78. The van der Waals surface area contributed by atoms with Gasteiger partial charge in [-0.2, -0.15) is 0 Å². The van der Waals surface area contributed by atoms with Gasteiger partial charge in [0.25, 0.3) is 0 Å². The van der Waals surface area contributed by atoms with Crippen molar-refractivity contribution < 1.29 is 13.6 Å². The van der Waals surface area contributed by atoms with Crippen LogP contribution in [0.5, 0.6) is 0 Å². The summed E-state index contributed by atoms with van der Waals surface area (Å²) in [7, 11) is 0. The molecule has 96 valence electrons. The molecule has 2 nitrogen and oxygen atoms in total. The van der Waals surface area contributed by atoms with Crippen molar-refractivity contribution in [1.29, 1.82) is 0 Å². The molecular weight excluding hydrogens is 304 g/mol. The number of amides is 1. The Morgan fingerprint density at radius 1 is 1.50 bits per heavy atom. The fourth-order valence-electron chi connectivity index (χ4n) is 1.58. The molecule has 1 N–H and O–H groups in total. The van der Waals surface area contributed by atoms with Crippen LogP contribution in [0.15, 0.2) is 36.4 Å². The highest BCUT2D eigenvalue weighted by Crippen LogP contribution is 2.54. The summed E-state index contributed by atoms with van der Waals surface area (Å²) in [6, 6.07) is 5.50. The predicted molar refractivity (Wildman–Crippen MR) is 69.7 cm³/mol. The van der Waals surface area contributed by atoms with E-state index >= 15 is 0 Å². The van der Waals surface area contributed by atoms with Crippen LogP contribution in [0.2, 0.25) is 0 Å². The van der Waals surface area contributed by atoms with Crippen LogP contribution in [0.3, 0.4) is 0 Å². The first-order chi connectivity index (χ1) is 8.47. The standard InChI is InChI=1S/C13H12BrF2NO/c14-13(16)8-9(13)2-1-3-12(18)17-11-6-4-10(15)5-7-11/h1,3-7,9H,2,8H2,(H,17,18). The zero-order chi connectivity index (χ0) is 13.2. The van der Waals surface area contributed by atoms with Crippen molar-refractivity contribution in [3.63, 3.8) is 0 Å². The zero-order valence-electron chi connectivity index (χ0n) is 9.50. The van der Waals surface area contributed by atoms with Crippen molar-refractivity contribution in [1.82, 2.24) is 0 Å². The van der Waals surface area contributed by atoms with Gasteiger partial charge in [-0.3, -0.25) is 4.79 Å². The fourth-order valence-corrected chi connectivity index (χ4v) is 2.16. The first kappa shape index (κ1) is 13.2. The van der Waals surface area contributed by atoms with Crippen LogP contribution in [0, 0.1) is 11.7 Å². The molecule has 0 heterocycles. The van der Waals surface area contributed by atoms with E-state index < -0.39 is 4.58 Å². The molecule has 2 atom stereocenters. The maximum Gasteiger partial charge on any atom is 0.248 e. The van der Waals surface area contributed by atoms with E-state index in [1.54, 1.807) is 6.08 Å². The minimum atomic E-state index is -1.25. The maximum absolute atomic E-state index is 13.1. The van der Waals surface area contributed by atoms with Gasteiger partial charge in [0.05, 0.1) is 0 Å². The number of benzene rings is 1. The van der Waals surface area contributed by atoms with Crippen molar-refractivity contribution in [3.05, 3.63) is 42.2 Å². The smallest absolute Gasteiger partial charge is 0.248 e. The lowest BCUT2D eigenvalue weighted by Crippen LogP contribution is -2.07. The lowest BCUT2D eigenvalue weighted by Gasteiger charge is -2.01. The summed E-state index contributed by atoms with van der Waals surface area (Å²) in [4.78, 5) is 11.5. The van der Waals surface area contributed by atoms with Crippen molar-refractivity contribution in [2.24, 2.45) is 5.92 Å². The third-order valence-corrected chi connectivity index (χ3v) is 3.73. The zero-order valence-corrected chi connectivity index (χ0v) is 11.1. The molecule has 0 radical (unpaired) electrons. The normalized spacial score (nSPS) is 26.3. The van der Waals surface area contributed by atoms with E-state index in [2.05, 4.69) is 21.2 Å². The average molecular weight is 316 g/mol. The molecule has 18 heavy (non-hydrogen) atoms. The molecule has 5 heteroatoms. The Bertz CT molecular complexity index is 470. The van der Waals surface area contributed by atoms with Crippen molar-refractivity contribution in [2.75, 3.05) is 5.32 Å². The van der Waals surface area contributed by atoms with Gasteiger partial charge in [-0.25, -0.2) is 8.78 Å². The highest BCUT2D eigenvalue weighted by atomic mass is 79.9. The summed E-state index contributed by atoms with van der Waals surface area (Å²) < 4.78 is 24.5. The molecule has 0 saturated heterocycles. The third kappa shape index (κ3) is 3.63. The number of carbonyl (C=O) groups excluding carboxylic acids is 1. The topological polar surface area (TPSA) is 29.1 Å². The summed E-state index contributed by atoms with van der Waals surface area (Å²) in [5.74, 6) is -0.706. The summed E-state index contributed by atoms with van der Waals surface area (Å²) in [5.41, 5.74) is 0.526. The van der Waals surface area contributed by atoms with E-state index in [-0.39, 0.29) is 17.6 Å². The average Bonchev–Trinajstić information content (AvgIpc) is 2.90. The highest BCUT2D eigenvalue weighted by Gasteiger charge is 2.52. The second-order valence-corrected chi connectivity index (χ2v) is 5.61. The van der Waals surface area contributed by atoms with Crippen LogP contribution in [0.25, 0.3) is 0 Å². The monoisotopic (exact) mass is 315 g/mol. The van der Waals surface area contributed by atoms with Crippen LogP contribution in [-0.2, 0) is 4.79 Å². The van der Waals surface area contributed by atoms with Gasteiger partial charge < -0.3 is 5.32 Å². The van der Waals surface area contributed by atoms with Crippen molar-refractivity contribution >= 4 is 27.5 Å². The lowest BCUT2D eigenvalue weighted by atomic mass is 10.2. The van der Waals surface area contributed by atoms with Crippen molar-refractivity contribution in [2.45, 2.75) is 17.4 Å². The highest BCUT2D eigenvalue weighted by molar-refractivity contribution is 9.10. The Morgan fingerprint density at radius 2 is 2.11 bits per heavy atom.